The molecule has 26 heavy (non-hydrogen) atoms. The Morgan fingerprint density at radius 2 is 1.77 bits per heavy atom. The Morgan fingerprint density at radius 1 is 1.04 bits per heavy atom. The molecule has 2 atom stereocenters. The zero-order chi connectivity index (χ0) is 18.7. The van der Waals surface area contributed by atoms with E-state index < -0.39 is 0 Å². The van der Waals surface area contributed by atoms with E-state index in [-0.39, 0.29) is 23.7 Å². The molecular weight excluding hydrogens is 324 g/mol. The lowest BCUT2D eigenvalue weighted by atomic mass is 10.0. The Balaban J connectivity index is 1.53. The molecule has 136 valence electrons. The van der Waals surface area contributed by atoms with E-state index >= 15 is 0 Å². The summed E-state index contributed by atoms with van der Waals surface area (Å²) in [7, 11) is 0. The molecule has 1 aliphatic carbocycles. The fraction of sp³-hybridized carbons (Fsp3) is 0.364. The summed E-state index contributed by atoms with van der Waals surface area (Å²) in [6.07, 6.45) is 0.620. The van der Waals surface area contributed by atoms with E-state index in [0.29, 0.717) is 18.9 Å². The normalized spacial score (nSPS) is 18.5. The van der Waals surface area contributed by atoms with Crippen LogP contribution in [0.15, 0.2) is 48.5 Å². The molecule has 2 aromatic rings. The van der Waals surface area contributed by atoms with Gasteiger partial charge in [0.25, 0.3) is 0 Å². The maximum atomic E-state index is 12.5. The van der Waals surface area contributed by atoms with Crippen molar-refractivity contribution in [2.75, 3.05) is 5.32 Å². The van der Waals surface area contributed by atoms with Crippen LogP contribution in [0.5, 0.6) is 0 Å². The van der Waals surface area contributed by atoms with Crippen molar-refractivity contribution in [1.82, 2.24) is 5.32 Å². The van der Waals surface area contributed by atoms with Crippen LogP contribution in [0.4, 0.5) is 5.69 Å². The minimum atomic E-state index is -0.229. The molecule has 1 aliphatic rings. The summed E-state index contributed by atoms with van der Waals surface area (Å²) in [6.45, 7) is 6.73. The molecule has 2 unspecified atom stereocenters. The lowest BCUT2D eigenvalue weighted by molar-refractivity contribution is -0.125. The number of nitrogens with one attached hydrogen (secondary N) is 2. The molecule has 0 heterocycles. The average Bonchev–Trinajstić information content (AvgIpc) is 3.41. The van der Waals surface area contributed by atoms with E-state index in [1.165, 1.54) is 5.56 Å². The summed E-state index contributed by atoms with van der Waals surface area (Å²) in [5.41, 5.74) is 4.20. The van der Waals surface area contributed by atoms with Crippen LogP contribution in [-0.4, -0.2) is 11.8 Å². The van der Waals surface area contributed by atoms with Gasteiger partial charge >= 0.3 is 0 Å². The number of anilines is 1. The number of rotatable bonds is 6. The van der Waals surface area contributed by atoms with Gasteiger partial charge in [-0.3, -0.25) is 9.59 Å². The molecule has 0 radical (unpaired) electrons. The molecule has 1 fully saturated rings. The minimum absolute atomic E-state index is 0.0381. The topological polar surface area (TPSA) is 58.2 Å². The van der Waals surface area contributed by atoms with Gasteiger partial charge in [-0.15, -0.1) is 0 Å². The lowest BCUT2D eigenvalue weighted by Gasteiger charge is -2.13. The summed E-state index contributed by atoms with van der Waals surface area (Å²) in [6, 6.07) is 15.9. The highest BCUT2D eigenvalue weighted by Gasteiger charge is 2.48. The van der Waals surface area contributed by atoms with Crippen molar-refractivity contribution in [3.8, 4) is 0 Å². The maximum absolute atomic E-state index is 12.5. The van der Waals surface area contributed by atoms with Crippen molar-refractivity contribution in [3.05, 3.63) is 65.2 Å². The van der Waals surface area contributed by atoms with Crippen molar-refractivity contribution >= 4 is 17.5 Å². The van der Waals surface area contributed by atoms with Gasteiger partial charge in [-0.25, -0.2) is 0 Å². The molecule has 4 heteroatoms. The van der Waals surface area contributed by atoms with Gasteiger partial charge in [0.1, 0.15) is 0 Å². The van der Waals surface area contributed by atoms with E-state index in [9.17, 15) is 9.59 Å². The number of hydrogen-bond acceptors (Lipinski definition) is 2. The monoisotopic (exact) mass is 350 g/mol. The third-order valence-electron chi connectivity index (χ3n) is 4.85. The molecule has 0 bridgehead atoms. The third-order valence-corrected chi connectivity index (χ3v) is 4.85. The number of amides is 2. The first-order valence-electron chi connectivity index (χ1n) is 9.18. The Hall–Kier alpha value is -2.62. The van der Waals surface area contributed by atoms with Crippen LogP contribution in [0.3, 0.4) is 0 Å². The highest BCUT2D eigenvalue weighted by Crippen LogP contribution is 2.40. The summed E-state index contributed by atoms with van der Waals surface area (Å²) < 4.78 is 0. The van der Waals surface area contributed by atoms with Crippen molar-refractivity contribution < 1.29 is 9.59 Å². The fourth-order valence-corrected chi connectivity index (χ4v) is 3.26. The van der Waals surface area contributed by atoms with Crippen molar-refractivity contribution in [3.63, 3.8) is 0 Å². The Bertz CT molecular complexity index is 813. The smallest absolute Gasteiger partial charge is 0.228 e. The summed E-state index contributed by atoms with van der Waals surface area (Å²) in [5.74, 6) is -0.213. The summed E-state index contributed by atoms with van der Waals surface area (Å²) in [4.78, 5) is 24.8. The first-order valence-corrected chi connectivity index (χ1v) is 9.18. The first-order chi connectivity index (χ1) is 12.5. The highest BCUT2D eigenvalue weighted by molar-refractivity contribution is 6.00. The van der Waals surface area contributed by atoms with Gasteiger partial charge in [0, 0.05) is 12.2 Å². The summed E-state index contributed by atoms with van der Waals surface area (Å²) in [5, 5.41) is 5.95. The fourth-order valence-electron chi connectivity index (χ4n) is 3.26. The quantitative estimate of drug-likeness (QED) is 0.827. The van der Waals surface area contributed by atoms with Gasteiger partial charge in [0.15, 0.2) is 0 Å². The van der Waals surface area contributed by atoms with Crippen LogP contribution < -0.4 is 10.6 Å². The Labute approximate surface area is 155 Å². The molecule has 2 N–H and O–H groups in total. The van der Waals surface area contributed by atoms with Crippen molar-refractivity contribution in [2.45, 2.75) is 39.7 Å². The van der Waals surface area contributed by atoms with Gasteiger partial charge in [-0.05, 0) is 36.5 Å². The SMILES string of the molecule is Cc1cccc(CNC(=O)C2CC2C(=O)Nc2ccccc2C(C)C)c1. The zero-order valence-electron chi connectivity index (χ0n) is 15.6. The van der Waals surface area contributed by atoms with E-state index in [1.807, 2.05) is 49.4 Å². The van der Waals surface area contributed by atoms with Gasteiger partial charge in [0.2, 0.25) is 11.8 Å². The van der Waals surface area contributed by atoms with Crippen LogP contribution in [0, 0.1) is 18.8 Å². The molecule has 0 spiro atoms. The number of hydrogen-bond donors (Lipinski definition) is 2. The van der Waals surface area contributed by atoms with Crippen LogP contribution in [0.25, 0.3) is 0 Å². The Morgan fingerprint density at radius 3 is 2.50 bits per heavy atom. The number of aryl methyl sites for hydroxylation is 1. The molecule has 2 amide bonds. The molecule has 0 aliphatic heterocycles. The molecule has 3 rings (SSSR count). The van der Waals surface area contributed by atoms with Crippen molar-refractivity contribution in [1.29, 1.82) is 0 Å². The molecule has 2 aromatic carbocycles. The summed E-state index contributed by atoms with van der Waals surface area (Å²) >= 11 is 0. The third kappa shape index (κ3) is 4.31. The van der Waals surface area contributed by atoms with Crippen LogP contribution in [-0.2, 0) is 16.1 Å². The van der Waals surface area contributed by atoms with Gasteiger partial charge in [-0.2, -0.15) is 0 Å². The molecule has 4 nitrogen and oxygen atoms in total. The minimum Gasteiger partial charge on any atom is -0.352 e. The predicted octanol–water partition coefficient (Wildman–Crippen LogP) is 4.01. The van der Waals surface area contributed by atoms with Crippen LogP contribution >= 0.6 is 0 Å². The van der Waals surface area contributed by atoms with Gasteiger partial charge in [-0.1, -0.05) is 61.9 Å². The number of para-hydroxylation sites is 1. The predicted molar refractivity (Wildman–Crippen MR) is 104 cm³/mol. The zero-order valence-corrected chi connectivity index (χ0v) is 15.6. The highest BCUT2D eigenvalue weighted by atomic mass is 16.2. The standard InChI is InChI=1S/C22H26N2O2/c1-14(2)17-9-4-5-10-20(17)24-22(26)19-12-18(19)21(25)23-13-16-8-6-7-15(3)11-16/h4-11,14,18-19H,12-13H2,1-3H3,(H,23,25)(H,24,26). The van der Waals surface area contributed by atoms with Gasteiger partial charge in [0.05, 0.1) is 11.8 Å². The van der Waals surface area contributed by atoms with Crippen LogP contribution in [0.2, 0.25) is 0 Å². The molecule has 1 saturated carbocycles. The second kappa shape index (κ2) is 7.73. The van der Waals surface area contributed by atoms with E-state index in [1.54, 1.807) is 0 Å². The molecule has 0 aromatic heterocycles. The molecular formula is C22H26N2O2. The number of carbonyl (C=O) groups excluding carboxylic acids is 2. The Kier molecular flexibility index (Phi) is 5.40. The first kappa shape index (κ1) is 18.2. The lowest BCUT2D eigenvalue weighted by Crippen LogP contribution is -2.27. The second-order valence-electron chi connectivity index (χ2n) is 7.39. The molecule has 0 saturated heterocycles. The van der Waals surface area contributed by atoms with E-state index in [0.717, 1.165) is 16.8 Å². The number of carbonyl (C=O) groups is 2. The van der Waals surface area contributed by atoms with E-state index in [4.69, 9.17) is 0 Å². The second-order valence-corrected chi connectivity index (χ2v) is 7.39. The van der Waals surface area contributed by atoms with Gasteiger partial charge < -0.3 is 10.6 Å². The van der Waals surface area contributed by atoms with Crippen LogP contribution in [0.1, 0.15) is 42.9 Å². The largest absolute Gasteiger partial charge is 0.352 e. The average molecular weight is 350 g/mol. The van der Waals surface area contributed by atoms with E-state index in [2.05, 4.69) is 30.5 Å². The number of benzene rings is 2. The van der Waals surface area contributed by atoms with Crippen molar-refractivity contribution in [2.24, 2.45) is 11.8 Å². The maximum Gasteiger partial charge on any atom is 0.228 e.